The van der Waals surface area contributed by atoms with E-state index in [-0.39, 0.29) is 48.5 Å². The molecule has 0 aliphatic carbocycles. The molecule has 0 saturated carbocycles. The molecule has 2 aliphatic heterocycles. The number of hydrogen-bond donors (Lipinski definition) is 1. The molecule has 178 valence electrons. The van der Waals surface area contributed by atoms with Crippen molar-refractivity contribution in [1.82, 2.24) is 9.21 Å². The molecule has 1 amide bonds. The van der Waals surface area contributed by atoms with Gasteiger partial charge >= 0.3 is 0 Å². The standard InChI is InChI=1S/C28H26N2O4S/c31-20-26-28(23-16-14-22(15-17-23)11-7-10-21-8-3-1-4-9-21)25-18-29(19-27(32)30(25)26)35(33,34)24-12-5-2-6-13-24/h1-6,8-9,12-17,25-26,28,31H,10,18-20H2/t25-,26+,28-/m0/s1. The number of aliphatic hydroxyl groups is 1. The van der Waals surface area contributed by atoms with E-state index < -0.39 is 10.0 Å². The quantitative estimate of drug-likeness (QED) is 0.563. The molecule has 0 unspecified atom stereocenters. The lowest BCUT2D eigenvalue weighted by molar-refractivity contribution is -0.158. The number of nitrogens with zero attached hydrogens (tertiary/aromatic N) is 2. The van der Waals surface area contributed by atoms with E-state index in [1.54, 1.807) is 35.2 Å². The van der Waals surface area contributed by atoms with Crippen LogP contribution in [0.1, 0.15) is 22.6 Å². The number of carbonyl (C=O) groups is 1. The Bertz CT molecular complexity index is 1360. The Morgan fingerprint density at radius 3 is 2.23 bits per heavy atom. The smallest absolute Gasteiger partial charge is 0.243 e. The van der Waals surface area contributed by atoms with Crippen LogP contribution in [0.3, 0.4) is 0 Å². The van der Waals surface area contributed by atoms with Gasteiger partial charge in [0.1, 0.15) is 0 Å². The Kier molecular flexibility index (Phi) is 6.44. The highest BCUT2D eigenvalue weighted by Crippen LogP contribution is 2.43. The second kappa shape index (κ2) is 9.67. The molecule has 2 fully saturated rings. The Hall–Kier alpha value is -3.44. The first-order valence-corrected chi connectivity index (χ1v) is 13.0. The molecule has 5 rings (SSSR count). The number of aliphatic hydroxyl groups excluding tert-OH is 1. The molecule has 2 saturated heterocycles. The van der Waals surface area contributed by atoms with Crippen molar-refractivity contribution in [3.8, 4) is 11.8 Å². The third-order valence-corrected chi connectivity index (χ3v) is 8.59. The molecule has 1 N–H and O–H groups in total. The van der Waals surface area contributed by atoms with E-state index in [1.807, 2.05) is 54.6 Å². The van der Waals surface area contributed by atoms with Crippen molar-refractivity contribution in [1.29, 1.82) is 0 Å². The number of amides is 1. The summed E-state index contributed by atoms with van der Waals surface area (Å²) in [4.78, 5) is 14.7. The molecule has 2 aliphatic rings. The van der Waals surface area contributed by atoms with Crippen LogP contribution in [0, 0.1) is 11.8 Å². The second-order valence-corrected chi connectivity index (χ2v) is 10.8. The fraction of sp³-hybridized carbons (Fsp3) is 0.250. The molecule has 2 heterocycles. The van der Waals surface area contributed by atoms with Crippen LogP contribution < -0.4 is 0 Å². The molecule has 3 atom stereocenters. The first-order chi connectivity index (χ1) is 17.0. The highest BCUT2D eigenvalue weighted by molar-refractivity contribution is 7.89. The van der Waals surface area contributed by atoms with Crippen LogP contribution in [0.25, 0.3) is 0 Å². The summed E-state index contributed by atoms with van der Waals surface area (Å²) < 4.78 is 27.5. The Labute approximate surface area is 205 Å². The van der Waals surface area contributed by atoms with Crippen molar-refractivity contribution in [2.24, 2.45) is 0 Å². The van der Waals surface area contributed by atoms with E-state index in [1.165, 1.54) is 4.31 Å². The molecule has 0 bridgehead atoms. The highest BCUT2D eigenvalue weighted by Gasteiger charge is 2.55. The van der Waals surface area contributed by atoms with Gasteiger partial charge in [0.05, 0.1) is 30.1 Å². The van der Waals surface area contributed by atoms with Crippen LogP contribution in [0.2, 0.25) is 0 Å². The van der Waals surface area contributed by atoms with Crippen molar-refractivity contribution in [3.05, 3.63) is 102 Å². The van der Waals surface area contributed by atoms with Gasteiger partial charge in [-0.3, -0.25) is 4.79 Å². The molecule has 35 heavy (non-hydrogen) atoms. The summed E-state index contributed by atoms with van der Waals surface area (Å²) in [6.07, 6.45) is 0.669. The van der Waals surface area contributed by atoms with E-state index in [0.29, 0.717) is 6.42 Å². The number of hydrogen-bond acceptors (Lipinski definition) is 4. The lowest BCUT2D eigenvalue weighted by Crippen LogP contribution is -2.73. The molecule has 0 radical (unpaired) electrons. The van der Waals surface area contributed by atoms with E-state index in [9.17, 15) is 18.3 Å². The van der Waals surface area contributed by atoms with Gasteiger partial charge in [-0.15, -0.1) is 0 Å². The maximum absolute atomic E-state index is 13.1. The van der Waals surface area contributed by atoms with Gasteiger partial charge in [0, 0.05) is 24.4 Å². The average Bonchev–Trinajstić information content (AvgIpc) is 2.87. The Morgan fingerprint density at radius 2 is 1.57 bits per heavy atom. The van der Waals surface area contributed by atoms with E-state index in [0.717, 1.165) is 16.7 Å². The number of fused-ring (bicyclic) bond motifs is 1. The Morgan fingerprint density at radius 1 is 0.914 bits per heavy atom. The van der Waals surface area contributed by atoms with Crippen LogP contribution in [-0.2, 0) is 21.2 Å². The van der Waals surface area contributed by atoms with Crippen molar-refractivity contribution < 1.29 is 18.3 Å². The van der Waals surface area contributed by atoms with Crippen molar-refractivity contribution in [2.45, 2.75) is 29.3 Å². The topological polar surface area (TPSA) is 77.9 Å². The van der Waals surface area contributed by atoms with Crippen LogP contribution in [0.5, 0.6) is 0 Å². The predicted molar refractivity (Wildman–Crippen MR) is 133 cm³/mol. The molecule has 3 aromatic carbocycles. The fourth-order valence-electron chi connectivity index (χ4n) is 5.03. The zero-order valence-electron chi connectivity index (χ0n) is 19.1. The molecule has 7 heteroatoms. The lowest BCUT2D eigenvalue weighted by atomic mass is 9.74. The summed E-state index contributed by atoms with van der Waals surface area (Å²) in [7, 11) is -3.78. The van der Waals surface area contributed by atoms with Crippen molar-refractivity contribution in [3.63, 3.8) is 0 Å². The lowest BCUT2D eigenvalue weighted by Gasteiger charge is -2.58. The van der Waals surface area contributed by atoms with E-state index in [4.69, 9.17) is 0 Å². The van der Waals surface area contributed by atoms with Gasteiger partial charge in [-0.2, -0.15) is 4.31 Å². The predicted octanol–water partition coefficient (Wildman–Crippen LogP) is 2.64. The largest absolute Gasteiger partial charge is 0.394 e. The molecule has 0 spiro atoms. The molecule has 0 aromatic heterocycles. The third-order valence-electron chi connectivity index (χ3n) is 6.77. The van der Waals surface area contributed by atoms with Crippen molar-refractivity contribution >= 4 is 15.9 Å². The van der Waals surface area contributed by atoms with Crippen molar-refractivity contribution in [2.75, 3.05) is 19.7 Å². The van der Waals surface area contributed by atoms with Gasteiger partial charge in [-0.1, -0.05) is 72.5 Å². The van der Waals surface area contributed by atoms with Gasteiger partial charge in [0.15, 0.2) is 0 Å². The minimum Gasteiger partial charge on any atom is -0.394 e. The molecule has 6 nitrogen and oxygen atoms in total. The zero-order valence-corrected chi connectivity index (χ0v) is 19.9. The summed E-state index contributed by atoms with van der Waals surface area (Å²) in [6, 6.07) is 25.4. The number of piperazine rings is 1. The summed E-state index contributed by atoms with van der Waals surface area (Å²) >= 11 is 0. The minimum atomic E-state index is -3.78. The van der Waals surface area contributed by atoms with E-state index in [2.05, 4.69) is 11.8 Å². The maximum Gasteiger partial charge on any atom is 0.243 e. The molecular formula is C28H26N2O4S. The number of sulfonamides is 1. The second-order valence-electron chi connectivity index (χ2n) is 8.84. The third kappa shape index (κ3) is 4.48. The summed E-state index contributed by atoms with van der Waals surface area (Å²) in [5.41, 5.74) is 3.01. The summed E-state index contributed by atoms with van der Waals surface area (Å²) in [5.74, 6) is 5.94. The van der Waals surface area contributed by atoms with Gasteiger partial charge in [0.25, 0.3) is 0 Å². The SMILES string of the molecule is O=C1CN(S(=O)(=O)c2ccccc2)C[C@H]2[C@H](c3ccc(C#CCc4ccccc4)cc3)[C@@H](CO)N12. The molecule has 3 aromatic rings. The fourth-order valence-corrected chi connectivity index (χ4v) is 6.46. The van der Waals surface area contributed by atoms with Crippen LogP contribution in [0.15, 0.2) is 89.8 Å². The van der Waals surface area contributed by atoms with Gasteiger partial charge in [0.2, 0.25) is 15.9 Å². The average molecular weight is 487 g/mol. The van der Waals surface area contributed by atoms with Crippen LogP contribution >= 0.6 is 0 Å². The normalized spacial score (nSPS) is 22.0. The van der Waals surface area contributed by atoms with Gasteiger partial charge in [-0.25, -0.2) is 8.42 Å². The highest BCUT2D eigenvalue weighted by atomic mass is 32.2. The molecular weight excluding hydrogens is 460 g/mol. The van der Waals surface area contributed by atoms with E-state index >= 15 is 0 Å². The first-order valence-electron chi connectivity index (χ1n) is 11.6. The maximum atomic E-state index is 13.1. The number of rotatable bonds is 5. The number of benzene rings is 3. The monoisotopic (exact) mass is 486 g/mol. The minimum absolute atomic E-state index is 0.149. The Balaban J connectivity index is 1.34. The van der Waals surface area contributed by atoms with Gasteiger partial charge in [-0.05, 0) is 35.4 Å². The zero-order chi connectivity index (χ0) is 24.4. The summed E-state index contributed by atoms with van der Waals surface area (Å²) in [5, 5.41) is 10.0. The van der Waals surface area contributed by atoms with Crippen LogP contribution in [0.4, 0.5) is 0 Å². The number of carbonyl (C=O) groups excluding carboxylic acids is 1. The first kappa shape index (κ1) is 23.3. The van der Waals surface area contributed by atoms with Crippen LogP contribution in [-0.4, -0.2) is 60.4 Å². The summed E-state index contributed by atoms with van der Waals surface area (Å²) in [6.45, 7) is -0.188. The van der Waals surface area contributed by atoms with Gasteiger partial charge < -0.3 is 10.0 Å².